The molecule has 2 fully saturated rings. The Hall–Kier alpha value is -1.14. The molecule has 2 unspecified atom stereocenters. The van der Waals surface area contributed by atoms with Crippen molar-refractivity contribution in [3.05, 3.63) is 27.1 Å². The highest BCUT2D eigenvalue weighted by atomic mass is 79.9. The minimum absolute atomic E-state index is 0.0341. The van der Waals surface area contributed by atoms with Crippen LogP contribution in [0.5, 0.6) is 0 Å². The number of hydrogen-bond donors (Lipinski definition) is 2. The molecule has 0 aliphatic carbocycles. The Morgan fingerprint density at radius 2 is 2.10 bits per heavy atom. The first kappa shape index (κ1) is 14.8. The molecule has 3 rings (SSSR count). The molecule has 5 nitrogen and oxygen atoms in total. The lowest BCUT2D eigenvalue weighted by atomic mass is 9.89. The van der Waals surface area contributed by atoms with E-state index in [1.54, 1.807) is 19.3 Å². The van der Waals surface area contributed by atoms with Gasteiger partial charge >= 0.3 is 0 Å². The smallest absolute Gasteiger partial charge is 0.264 e. The zero-order valence-corrected chi connectivity index (χ0v) is 13.6. The molecular formula is C15H20BrN3O2. The molecule has 2 aliphatic rings. The standard InChI is InChI=1S/C15H20BrN3O2/c1-19-8-12(7-13(16)15(19)21)18-14(20)6-9-4-10-2-3-11(5-9)17-10/h7-11,17H,2-6H2,1H3,(H,18,20). The molecule has 6 heteroatoms. The lowest BCUT2D eigenvalue weighted by Gasteiger charge is -2.28. The van der Waals surface area contributed by atoms with E-state index in [1.807, 2.05) is 0 Å². The zero-order valence-electron chi connectivity index (χ0n) is 12.1. The predicted octanol–water partition coefficient (Wildman–Crippen LogP) is 2.01. The summed E-state index contributed by atoms with van der Waals surface area (Å²) >= 11 is 3.22. The fraction of sp³-hybridized carbons (Fsp3) is 0.600. The second kappa shape index (κ2) is 5.93. The highest BCUT2D eigenvalue weighted by Crippen LogP contribution is 2.32. The fourth-order valence-corrected chi connectivity index (χ4v) is 4.08. The van der Waals surface area contributed by atoms with E-state index >= 15 is 0 Å². The van der Waals surface area contributed by atoms with Gasteiger partial charge in [-0.05, 0) is 53.6 Å². The van der Waals surface area contributed by atoms with Crippen LogP contribution in [0.4, 0.5) is 5.69 Å². The molecule has 1 amide bonds. The summed E-state index contributed by atoms with van der Waals surface area (Å²) in [7, 11) is 1.67. The third-order valence-electron chi connectivity index (χ3n) is 4.47. The number of piperidine rings is 1. The van der Waals surface area contributed by atoms with Crippen LogP contribution in [0.25, 0.3) is 0 Å². The van der Waals surface area contributed by atoms with Crippen molar-refractivity contribution in [2.45, 2.75) is 44.2 Å². The van der Waals surface area contributed by atoms with E-state index in [1.165, 1.54) is 17.4 Å². The first-order chi connectivity index (χ1) is 10.0. The van der Waals surface area contributed by atoms with Crippen molar-refractivity contribution >= 4 is 27.5 Å². The Labute approximate surface area is 132 Å². The summed E-state index contributed by atoms with van der Waals surface area (Å²) in [5, 5.41) is 6.49. The number of hydrogen-bond acceptors (Lipinski definition) is 3. The van der Waals surface area contributed by atoms with E-state index in [4.69, 9.17) is 0 Å². The quantitative estimate of drug-likeness (QED) is 0.873. The van der Waals surface area contributed by atoms with Gasteiger partial charge in [0.15, 0.2) is 0 Å². The molecule has 2 aliphatic heterocycles. The molecule has 0 saturated carbocycles. The molecule has 0 radical (unpaired) electrons. The number of rotatable bonds is 3. The largest absolute Gasteiger partial charge is 0.325 e. The van der Waals surface area contributed by atoms with Gasteiger partial charge in [0.05, 0.1) is 10.2 Å². The summed E-state index contributed by atoms with van der Waals surface area (Å²) in [5.41, 5.74) is 0.550. The predicted molar refractivity (Wildman–Crippen MR) is 85.3 cm³/mol. The maximum absolute atomic E-state index is 12.2. The first-order valence-corrected chi connectivity index (χ1v) is 8.22. The van der Waals surface area contributed by atoms with E-state index < -0.39 is 0 Å². The minimum atomic E-state index is -0.108. The Bertz CT molecular complexity index is 575. The van der Waals surface area contributed by atoms with Gasteiger partial charge in [0, 0.05) is 31.7 Å². The van der Waals surface area contributed by atoms with Gasteiger partial charge in [0.25, 0.3) is 5.56 Å². The van der Waals surface area contributed by atoms with Crippen LogP contribution in [0.2, 0.25) is 0 Å². The van der Waals surface area contributed by atoms with E-state index in [0.717, 1.165) is 12.8 Å². The number of amides is 1. The van der Waals surface area contributed by atoms with Gasteiger partial charge in [-0.1, -0.05) is 0 Å². The molecule has 1 aromatic rings. The lowest BCUT2D eigenvalue weighted by molar-refractivity contribution is -0.117. The third kappa shape index (κ3) is 3.37. The SMILES string of the molecule is Cn1cc(NC(=O)CC2CC3CCC(C2)N3)cc(Br)c1=O. The zero-order chi connectivity index (χ0) is 15.0. The van der Waals surface area contributed by atoms with Crippen molar-refractivity contribution in [1.82, 2.24) is 9.88 Å². The van der Waals surface area contributed by atoms with Gasteiger partial charge in [0.1, 0.15) is 0 Å². The second-order valence-electron chi connectivity index (χ2n) is 6.22. The monoisotopic (exact) mass is 353 g/mol. The Morgan fingerprint density at radius 1 is 1.43 bits per heavy atom. The van der Waals surface area contributed by atoms with E-state index in [2.05, 4.69) is 26.6 Å². The van der Waals surface area contributed by atoms with Crippen molar-refractivity contribution < 1.29 is 4.79 Å². The molecule has 0 spiro atoms. The molecule has 2 atom stereocenters. The average molecular weight is 354 g/mol. The van der Waals surface area contributed by atoms with Gasteiger partial charge in [0.2, 0.25) is 5.91 Å². The Kier molecular flexibility index (Phi) is 4.17. The van der Waals surface area contributed by atoms with Crippen molar-refractivity contribution in [1.29, 1.82) is 0 Å². The summed E-state index contributed by atoms with van der Waals surface area (Å²) in [6.07, 6.45) is 6.90. The first-order valence-electron chi connectivity index (χ1n) is 7.43. The summed E-state index contributed by atoms with van der Waals surface area (Å²) in [4.78, 5) is 23.8. The average Bonchev–Trinajstić information content (AvgIpc) is 2.75. The van der Waals surface area contributed by atoms with E-state index in [-0.39, 0.29) is 11.5 Å². The maximum atomic E-state index is 12.2. The molecule has 2 bridgehead atoms. The van der Waals surface area contributed by atoms with Crippen LogP contribution < -0.4 is 16.2 Å². The Balaban J connectivity index is 1.60. The molecule has 1 aromatic heterocycles. The van der Waals surface area contributed by atoms with E-state index in [9.17, 15) is 9.59 Å². The lowest BCUT2D eigenvalue weighted by Crippen LogP contribution is -2.39. The highest BCUT2D eigenvalue weighted by Gasteiger charge is 2.34. The van der Waals surface area contributed by atoms with Crippen LogP contribution in [0.15, 0.2) is 21.5 Å². The highest BCUT2D eigenvalue weighted by molar-refractivity contribution is 9.10. The van der Waals surface area contributed by atoms with Crippen molar-refractivity contribution in [3.63, 3.8) is 0 Å². The van der Waals surface area contributed by atoms with Gasteiger partial charge in [-0.25, -0.2) is 0 Å². The van der Waals surface area contributed by atoms with Crippen LogP contribution >= 0.6 is 15.9 Å². The molecule has 21 heavy (non-hydrogen) atoms. The number of fused-ring (bicyclic) bond motifs is 2. The van der Waals surface area contributed by atoms with Crippen LogP contribution in [-0.4, -0.2) is 22.6 Å². The Morgan fingerprint density at radius 3 is 2.71 bits per heavy atom. The number of aryl methyl sites for hydroxylation is 1. The summed E-state index contributed by atoms with van der Waals surface area (Å²) in [6.45, 7) is 0. The number of anilines is 1. The number of pyridine rings is 1. The molecule has 0 aromatic carbocycles. The number of nitrogens with zero attached hydrogens (tertiary/aromatic N) is 1. The minimum Gasteiger partial charge on any atom is -0.325 e. The van der Waals surface area contributed by atoms with Gasteiger partial charge in [-0.3, -0.25) is 9.59 Å². The van der Waals surface area contributed by atoms with Crippen molar-refractivity contribution in [2.24, 2.45) is 13.0 Å². The molecule has 114 valence electrons. The topological polar surface area (TPSA) is 63.1 Å². The van der Waals surface area contributed by atoms with Crippen molar-refractivity contribution in [2.75, 3.05) is 5.32 Å². The fourth-order valence-electron chi connectivity index (χ4n) is 3.56. The van der Waals surface area contributed by atoms with Crippen LogP contribution in [0.3, 0.4) is 0 Å². The molecule has 3 heterocycles. The normalized spacial score (nSPS) is 27.6. The number of nitrogens with one attached hydrogen (secondary N) is 2. The van der Waals surface area contributed by atoms with Gasteiger partial charge in [-0.2, -0.15) is 0 Å². The molecule has 2 saturated heterocycles. The second-order valence-corrected chi connectivity index (χ2v) is 7.07. The van der Waals surface area contributed by atoms with Crippen LogP contribution in [-0.2, 0) is 11.8 Å². The van der Waals surface area contributed by atoms with E-state index in [0.29, 0.717) is 34.6 Å². The summed E-state index contributed by atoms with van der Waals surface area (Å²) in [5.74, 6) is 0.506. The maximum Gasteiger partial charge on any atom is 0.264 e. The third-order valence-corrected chi connectivity index (χ3v) is 5.04. The summed E-state index contributed by atoms with van der Waals surface area (Å²) in [6, 6.07) is 2.87. The molecule has 2 N–H and O–H groups in total. The van der Waals surface area contributed by atoms with Gasteiger partial charge < -0.3 is 15.2 Å². The summed E-state index contributed by atoms with van der Waals surface area (Å²) < 4.78 is 1.92. The van der Waals surface area contributed by atoms with Crippen LogP contribution in [0, 0.1) is 5.92 Å². The number of halogens is 1. The van der Waals surface area contributed by atoms with Crippen LogP contribution in [0.1, 0.15) is 32.1 Å². The number of carbonyl (C=O) groups is 1. The molecular weight excluding hydrogens is 334 g/mol. The van der Waals surface area contributed by atoms with Gasteiger partial charge in [-0.15, -0.1) is 0 Å². The van der Waals surface area contributed by atoms with Crippen molar-refractivity contribution in [3.8, 4) is 0 Å². The number of carbonyl (C=O) groups excluding carboxylic acids is 1. The number of aromatic nitrogens is 1.